The largest absolute Gasteiger partial charge is 0.357 e. The third-order valence-corrected chi connectivity index (χ3v) is 2.31. The highest BCUT2D eigenvalue weighted by molar-refractivity contribution is 5.95. The number of carbonyl (C=O) groups excluding carboxylic acids is 1. The van der Waals surface area contributed by atoms with E-state index >= 15 is 0 Å². The van der Waals surface area contributed by atoms with E-state index in [1.165, 1.54) is 0 Å². The van der Waals surface area contributed by atoms with Crippen molar-refractivity contribution in [2.45, 2.75) is 13.3 Å². The number of hydrogen-bond donors (Lipinski definition) is 1. The third kappa shape index (κ3) is 1.55. The third-order valence-electron chi connectivity index (χ3n) is 2.31. The van der Waals surface area contributed by atoms with Crippen molar-refractivity contribution >= 4 is 17.4 Å². The van der Waals surface area contributed by atoms with Gasteiger partial charge in [-0.2, -0.15) is 0 Å². The Morgan fingerprint density at radius 2 is 2.36 bits per heavy atom. The summed E-state index contributed by atoms with van der Waals surface area (Å²) < 4.78 is 0. The maximum atomic E-state index is 11.3. The van der Waals surface area contributed by atoms with E-state index in [0.29, 0.717) is 6.42 Å². The molecule has 0 aromatic carbocycles. The Balaban J connectivity index is 2.46. The van der Waals surface area contributed by atoms with Crippen LogP contribution >= 0.6 is 0 Å². The molecule has 0 saturated heterocycles. The Hall–Kier alpha value is -1.58. The molecule has 1 aromatic heterocycles. The lowest BCUT2D eigenvalue weighted by molar-refractivity contribution is -0.115. The molecule has 2 rings (SSSR count). The summed E-state index contributed by atoms with van der Waals surface area (Å²) in [7, 11) is 1.95. The van der Waals surface area contributed by atoms with Crippen LogP contribution in [0, 0.1) is 6.92 Å². The highest BCUT2D eigenvalue weighted by Crippen LogP contribution is 2.25. The summed E-state index contributed by atoms with van der Waals surface area (Å²) in [5, 5.41) is 2.85. The Morgan fingerprint density at radius 3 is 3.14 bits per heavy atom. The first-order valence-corrected chi connectivity index (χ1v) is 4.64. The second-order valence-corrected chi connectivity index (χ2v) is 3.60. The van der Waals surface area contributed by atoms with E-state index in [1.807, 2.05) is 31.1 Å². The number of pyridine rings is 1. The van der Waals surface area contributed by atoms with Crippen LogP contribution in [0.3, 0.4) is 0 Å². The minimum Gasteiger partial charge on any atom is -0.357 e. The van der Waals surface area contributed by atoms with Crippen molar-refractivity contribution in [2.24, 2.45) is 0 Å². The van der Waals surface area contributed by atoms with E-state index in [-0.39, 0.29) is 5.91 Å². The molecule has 1 aliphatic rings. The number of hydrogen-bond acceptors (Lipinski definition) is 3. The van der Waals surface area contributed by atoms with Crippen LogP contribution in [0.4, 0.5) is 11.5 Å². The fourth-order valence-electron chi connectivity index (χ4n) is 1.55. The summed E-state index contributed by atoms with van der Waals surface area (Å²) in [4.78, 5) is 17.6. The van der Waals surface area contributed by atoms with Crippen molar-refractivity contribution in [2.75, 3.05) is 23.8 Å². The van der Waals surface area contributed by atoms with Crippen molar-refractivity contribution in [3.05, 3.63) is 17.8 Å². The molecule has 0 bridgehead atoms. The van der Waals surface area contributed by atoms with Crippen LogP contribution < -0.4 is 10.2 Å². The molecule has 4 nitrogen and oxygen atoms in total. The average Bonchev–Trinajstić information content (AvgIpc) is 2.26. The molecule has 0 radical (unpaired) electrons. The predicted molar refractivity (Wildman–Crippen MR) is 55.5 cm³/mol. The summed E-state index contributed by atoms with van der Waals surface area (Å²) in [5.74, 6) is 0.907. The number of fused-ring (bicyclic) bond motifs is 1. The van der Waals surface area contributed by atoms with Crippen LogP contribution in [0.5, 0.6) is 0 Å². The van der Waals surface area contributed by atoms with Crippen LogP contribution in [-0.2, 0) is 4.79 Å². The number of nitrogens with zero attached hydrogens (tertiary/aromatic N) is 2. The van der Waals surface area contributed by atoms with Gasteiger partial charge in [0.25, 0.3) is 0 Å². The van der Waals surface area contributed by atoms with Crippen molar-refractivity contribution in [1.82, 2.24) is 4.98 Å². The first-order valence-electron chi connectivity index (χ1n) is 4.64. The minimum absolute atomic E-state index is 0.0583. The molecule has 0 atom stereocenters. The van der Waals surface area contributed by atoms with Gasteiger partial charge in [0.1, 0.15) is 0 Å². The molecule has 0 aliphatic carbocycles. The maximum absolute atomic E-state index is 11.3. The van der Waals surface area contributed by atoms with Gasteiger partial charge in [-0.05, 0) is 18.6 Å². The molecular formula is C10H13N3O. The first kappa shape index (κ1) is 8.99. The second-order valence-electron chi connectivity index (χ2n) is 3.60. The molecule has 1 amide bonds. The van der Waals surface area contributed by atoms with Crippen LogP contribution in [-0.4, -0.2) is 24.5 Å². The van der Waals surface area contributed by atoms with Gasteiger partial charge in [-0.1, -0.05) is 0 Å². The topological polar surface area (TPSA) is 45.2 Å². The fraction of sp³-hybridized carbons (Fsp3) is 0.400. The summed E-state index contributed by atoms with van der Waals surface area (Å²) in [6.45, 7) is 2.68. The maximum Gasteiger partial charge on any atom is 0.226 e. The summed E-state index contributed by atoms with van der Waals surface area (Å²) in [5.41, 5.74) is 1.87. The molecule has 0 unspecified atom stereocenters. The number of nitrogens with one attached hydrogen (secondary N) is 1. The van der Waals surface area contributed by atoms with Crippen LogP contribution in [0.2, 0.25) is 0 Å². The molecule has 14 heavy (non-hydrogen) atoms. The molecule has 1 aliphatic heterocycles. The first-order chi connectivity index (χ1) is 6.66. The Bertz CT molecular complexity index is 376. The standard InChI is InChI=1S/C10H13N3O/c1-7-5-8-10(11-6-7)13(2)4-3-9(14)12-8/h5-6H,3-4H2,1-2H3,(H,12,14). The lowest BCUT2D eigenvalue weighted by Crippen LogP contribution is -2.19. The molecule has 4 heteroatoms. The Labute approximate surface area is 82.9 Å². The number of aromatic nitrogens is 1. The van der Waals surface area contributed by atoms with Crippen molar-refractivity contribution in [3.63, 3.8) is 0 Å². The second kappa shape index (κ2) is 3.29. The van der Waals surface area contributed by atoms with Gasteiger partial charge in [0.2, 0.25) is 5.91 Å². The van der Waals surface area contributed by atoms with E-state index in [4.69, 9.17) is 0 Å². The van der Waals surface area contributed by atoms with Gasteiger partial charge in [-0.3, -0.25) is 4.79 Å². The molecule has 0 saturated carbocycles. The number of aryl methyl sites for hydroxylation is 1. The monoisotopic (exact) mass is 191 g/mol. The van der Waals surface area contributed by atoms with Gasteiger partial charge in [-0.25, -0.2) is 4.98 Å². The van der Waals surface area contributed by atoms with E-state index in [0.717, 1.165) is 23.6 Å². The van der Waals surface area contributed by atoms with E-state index < -0.39 is 0 Å². The highest BCUT2D eigenvalue weighted by Gasteiger charge is 2.17. The molecular weight excluding hydrogens is 178 g/mol. The molecule has 0 fully saturated rings. The molecule has 1 N–H and O–H groups in total. The summed E-state index contributed by atoms with van der Waals surface area (Å²) >= 11 is 0. The molecule has 2 heterocycles. The number of rotatable bonds is 0. The smallest absolute Gasteiger partial charge is 0.226 e. The highest BCUT2D eigenvalue weighted by atomic mass is 16.1. The minimum atomic E-state index is 0.0583. The number of amides is 1. The van der Waals surface area contributed by atoms with Crippen molar-refractivity contribution in [3.8, 4) is 0 Å². The van der Waals surface area contributed by atoms with Crippen LogP contribution in [0.25, 0.3) is 0 Å². The van der Waals surface area contributed by atoms with Crippen molar-refractivity contribution < 1.29 is 4.79 Å². The molecule has 0 spiro atoms. The summed E-state index contributed by atoms with van der Waals surface area (Å²) in [6.07, 6.45) is 2.33. The van der Waals surface area contributed by atoms with E-state index in [1.54, 1.807) is 0 Å². The average molecular weight is 191 g/mol. The van der Waals surface area contributed by atoms with Crippen LogP contribution in [0.1, 0.15) is 12.0 Å². The fourth-order valence-corrected chi connectivity index (χ4v) is 1.55. The van der Waals surface area contributed by atoms with Gasteiger partial charge >= 0.3 is 0 Å². The lowest BCUT2D eigenvalue weighted by atomic mass is 10.3. The normalized spacial score (nSPS) is 15.9. The van der Waals surface area contributed by atoms with Gasteiger partial charge in [-0.15, -0.1) is 0 Å². The number of anilines is 2. The Morgan fingerprint density at radius 1 is 1.57 bits per heavy atom. The zero-order valence-electron chi connectivity index (χ0n) is 8.37. The van der Waals surface area contributed by atoms with E-state index in [2.05, 4.69) is 10.3 Å². The number of carbonyl (C=O) groups is 1. The Kier molecular flexibility index (Phi) is 2.11. The van der Waals surface area contributed by atoms with Gasteiger partial charge in [0, 0.05) is 26.2 Å². The molecule has 1 aromatic rings. The van der Waals surface area contributed by atoms with Gasteiger partial charge in [0.15, 0.2) is 5.82 Å². The summed E-state index contributed by atoms with van der Waals surface area (Å²) in [6, 6.07) is 1.95. The zero-order chi connectivity index (χ0) is 10.1. The van der Waals surface area contributed by atoms with E-state index in [9.17, 15) is 4.79 Å². The quantitative estimate of drug-likeness (QED) is 0.669. The van der Waals surface area contributed by atoms with Crippen LogP contribution in [0.15, 0.2) is 12.3 Å². The zero-order valence-corrected chi connectivity index (χ0v) is 8.37. The predicted octanol–water partition coefficient (Wildman–Crippen LogP) is 1.17. The SMILES string of the molecule is Cc1cnc2c(c1)NC(=O)CCN2C. The van der Waals surface area contributed by atoms with Gasteiger partial charge < -0.3 is 10.2 Å². The lowest BCUT2D eigenvalue weighted by Gasteiger charge is -2.16. The van der Waals surface area contributed by atoms with Crippen molar-refractivity contribution in [1.29, 1.82) is 0 Å². The van der Waals surface area contributed by atoms with Gasteiger partial charge in [0.05, 0.1) is 5.69 Å². The molecule has 74 valence electrons.